The third-order valence-electron chi connectivity index (χ3n) is 6.84. The molecule has 1 saturated heterocycles. The summed E-state index contributed by atoms with van der Waals surface area (Å²) in [5.74, 6) is 1.12. The van der Waals surface area contributed by atoms with E-state index in [4.69, 9.17) is 9.72 Å². The number of ether oxygens (including phenoxy) is 1. The molecule has 0 radical (unpaired) electrons. The Morgan fingerprint density at radius 2 is 1.89 bits per heavy atom. The van der Waals surface area contributed by atoms with Gasteiger partial charge in [-0.15, -0.1) is 11.3 Å². The first-order chi connectivity index (χ1) is 17.9. The minimum absolute atomic E-state index is 0.0393. The Balaban J connectivity index is 1.54. The van der Waals surface area contributed by atoms with E-state index in [2.05, 4.69) is 4.90 Å². The van der Waals surface area contributed by atoms with Crippen molar-refractivity contribution in [1.29, 1.82) is 0 Å². The molecule has 8 heteroatoms. The summed E-state index contributed by atoms with van der Waals surface area (Å²) in [7, 11) is 1.63. The molecular formula is C29H30FN3O3S. The maximum absolute atomic E-state index is 14.0. The zero-order chi connectivity index (χ0) is 25.9. The molecule has 6 nitrogen and oxygen atoms in total. The van der Waals surface area contributed by atoms with Crippen molar-refractivity contribution in [2.45, 2.75) is 39.0 Å². The number of anilines is 1. The molecule has 2 aromatic heterocycles. The normalized spacial score (nSPS) is 14.2. The lowest BCUT2D eigenvalue weighted by atomic mass is 10.1. The van der Waals surface area contributed by atoms with Crippen LogP contribution in [0, 0.1) is 12.7 Å². The standard InChI is InChI=1S/C29H30FN3O3S/c1-19-11-14-37-27(19)29(35)33(17-20-3-7-25(36-2)8-4-20)18-22-15-21-5-6-23(30)16-26(21)31-28(22)32-12-9-24(34)10-13-32/h3-8,11,14-16,24,34H,9-10,12-13,17-18H2,1-2H3. The Bertz CT molecular complexity index is 1400. The summed E-state index contributed by atoms with van der Waals surface area (Å²) in [6.45, 7) is 4.01. The highest BCUT2D eigenvalue weighted by molar-refractivity contribution is 7.12. The van der Waals surface area contributed by atoms with Crippen LogP contribution < -0.4 is 9.64 Å². The second-order valence-electron chi connectivity index (χ2n) is 9.47. The van der Waals surface area contributed by atoms with E-state index >= 15 is 0 Å². The van der Waals surface area contributed by atoms with Crippen molar-refractivity contribution < 1.29 is 19.0 Å². The van der Waals surface area contributed by atoms with Crippen molar-refractivity contribution in [3.63, 3.8) is 0 Å². The number of thiophene rings is 1. The highest BCUT2D eigenvalue weighted by Gasteiger charge is 2.25. The smallest absolute Gasteiger partial charge is 0.264 e. The molecule has 37 heavy (non-hydrogen) atoms. The van der Waals surface area contributed by atoms with Gasteiger partial charge < -0.3 is 19.6 Å². The quantitative estimate of drug-likeness (QED) is 0.347. The number of aliphatic hydroxyl groups is 1. The van der Waals surface area contributed by atoms with Crippen molar-refractivity contribution in [3.05, 3.63) is 87.4 Å². The van der Waals surface area contributed by atoms with E-state index in [1.165, 1.54) is 23.5 Å². The van der Waals surface area contributed by atoms with Crippen LogP contribution in [0.3, 0.4) is 0 Å². The average molecular weight is 520 g/mol. The number of aromatic nitrogens is 1. The maximum Gasteiger partial charge on any atom is 0.264 e. The molecular weight excluding hydrogens is 489 g/mol. The zero-order valence-corrected chi connectivity index (χ0v) is 21.8. The molecule has 4 aromatic rings. The molecule has 1 N–H and O–H groups in total. The van der Waals surface area contributed by atoms with Crippen LogP contribution in [0.15, 0.2) is 60.0 Å². The summed E-state index contributed by atoms with van der Waals surface area (Å²) in [4.78, 5) is 23.3. The fraction of sp³-hybridized carbons (Fsp3) is 0.310. The van der Waals surface area contributed by atoms with E-state index in [9.17, 15) is 14.3 Å². The van der Waals surface area contributed by atoms with Gasteiger partial charge in [0.1, 0.15) is 17.4 Å². The lowest BCUT2D eigenvalue weighted by Crippen LogP contribution is -2.38. The van der Waals surface area contributed by atoms with Gasteiger partial charge in [0.15, 0.2) is 0 Å². The summed E-state index contributed by atoms with van der Waals surface area (Å²) in [6, 6.07) is 16.3. The number of hydrogen-bond acceptors (Lipinski definition) is 6. The SMILES string of the molecule is COc1ccc(CN(Cc2cc3ccc(F)cc3nc2N2CCC(O)CC2)C(=O)c2sccc2C)cc1. The first-order valence-electron chi connectivity index (χ1n) is 12.4. The van der Waals surface area contributed by atoms with Gasteiger partial charge in [0.25, 0.3) is 5.91 Å². The van der Waals surface area contributed by atoms with E-state index in [1.54, 1.807) is 13.2 Å². The second-order valence-corrected chi connectivity index (χ2v) is 10.4. The lowest BCUT2D eigenvalue weighted by Gasteiger charge is -2.33. The predicted molar refractivity (Wildman–Crippen MR) is 145 cm³/mol. The number of pyridine rings is 1. The fourth-order valence-electron chi connectivity index (χ4n) is 4.73. The Morgan fingerprint density at radius 3 is 2.57 bits per heavy atom. The van der Waals surface area contributed by atoms with Crippen LogP contribution in [0.1, 0.15) is 39.2 Å². The van der Waals surface area contributed by atoms with Crippen molar-refractivity contribution in [3.8, 4) is 5.75 Å². The lowest BCUT2D eigenvalue weighted by molar-refractivity contribution is 0.0734. The first-order valence-corrected chi connectivity index (χ1v) is 13.3. The Labute approximate surface area is 219 Å². The summed E-state index contributed by atoms with van der Waals surface area (Å²) in [6.07, 6.45) is 0.962. The Kier molecular flexibility index (Phi) is 7.39. The van der Waals surface area contributed by atoms with Gasteiger partial charge in [0.05, 0.1) is 30.2 Å². The molecule has 5 rings (SSSR count). The van der Waals surface area contributed by atoms with Crippen LogP contribution in [0.5, 0.6) is 5.75 Å². The second kappa shape index (κ2) is 10.9. The van der Waals surface area contributed by atoms with E-state index in [1.807, 2.05) is 53.6 Å². The Morgan fingerprint density at radius 1 is 1.14 bits per heavy atom. The largest absolute Gasteiger partial charge is 0.497 e. The molecule has 0 bridgehead atoms. The Hall–Kier alpha value is -3.49. The van der Waals surface area contributed by atoms with Crippen LogP contribution >= 0.6 is 11.3 Å². The number of methoxy groups -OCH3 is 1. The van der Waals surface area contributed by atoms with E-state index in [0.29, 0.717) is 49.4 Å². The molecule has 1 fully saturated rings. The molecule has 0 spiro atoms. The van der Waals surface area contributed by atoms with Crippen LogP contribution in [0.4, 0.5) is 10.2 Å². The highest BCUT2D eigenvalue weighted by atomic mass is 32.1. The van der Waals surface area contributed by atoms with Gasteiger partial charge in [0, 0.05) is 36.7 Å². The number of aliphatic hydroxyl groups excluding tert-OH is 1. The van der Waals surface area contributed by atoms with Gasteiger partial charge in [-0.25, -0.2) is 9.37 Å². The number of carbonyl (C=O) groups is 1. The molecule has 2 aromatic carbocycles. The molecule has 0 atom stereocenters. The number of amides is 1. The van der Waals surface area contributed by atoms with Crippen molar-refractivity contribution in [2.24, 2.45) is 0 Å². The molecule has 1 aliphatic heterocycles. The van der Waals surface area contributed by atoms with Crippen LogP contribution in [0.2, 0.25) is 0 Å². The summed E-state index contributed by atoms with van der Waals surface area (Å²) in [5, 5.41) is 12.8. The van der Waals surface area contributed by atoms with Gasteiger partial charge in [-0.05, 0) is 72.7 Å². The summed E-state index contributed by atoms with van der Waals surface area (Å²) < 4.78 is 19.3. The molecule has 1 amide bonds. The highest BCUT2D eigenvalue weighted by Crippen LogP contribution is 2.30. The van der Waals surface area contributed by atoms with Crippen molar-refractivity contribution in [2.75, 3.05) is 25.1 Å². The topological polar surface area (TPSA) is 65.9 Å². The van der Waals surface area contributed by atoms with Gasteiger partial charge in [-0.3, -0.25) is 4.79 Å². The number of fused-ring (bicyclic) bond motifs is 1. The van der Waals surface area contributed by atoms with Crippen LogP contribution in [0.25, 0.3) is 10.9 Å². The number of aryl methyl sites for hydroxylation is 1. The third kappa shape index (κ3) is 5.60. The maximum atomic E-state index is 14.0. The molecule has 0 unspecified atom stereocenters. The summed E-state index contributed by atoms with van der Waals surface area (Å²) >= 11 is 1.44. The average Bonchev–Trinajstić information content (AvgIpc) is 3.34. The minimum Gasteiger partial charge on any atom is -0.497 e. The molecule has 3 heterocycles. The molecule has 1 aliphatic rings. The van der Waals surface area contributed by atoms with Crippen molar-refractivity contribution in [1.82, 2.24) is 9.88 Å². The molecule has 0 saturated carbocycles. The minimum atomic E-state index is -0.336. The first kappa shape index (κ1) is 25.2. The number of halogens is 1. The molecule has 192 valence electrons. The number of piperidine rings is 1. The predicted octanol–water partition coefficient (Wildman–Crippen LogP) is 5.56. The fourth-order valence-corrected chi connectivity index (χ4v) is 5.63. The number of hydrogen-bond donors (Lipinski definition) is 1. The van der Waals surface area contributed by atoms with Crippen LogP contribution in [-0.4, -0.2) is 47.2 Å². The van der Waals surface area contributed by atoms with E-state index in [0.717, 1.165) is 33.6 Å². The number of rotatable bonds is 7. The van der Waals surface area contributed by atoms with Gasteiger partial charge in [0.2, 0.25) is 0 Å². The monoisotopic (exact) mass is 519 g/mol. The number of nitrogens with zero attached hydrogens (tertiary/aromatic N) is 3. The van der Waals surface area contributed by atoms with Gasteiger partial charge >= 0.3 is 0 Å². The zero-order valence-electron chi connectivity index (χ0n) is 21.0. The van der Waals surface area contributed by atoms with E-state index < -0.39 is 0 Å². The number of carbonyl (C=O) groups excluding carboxylic acids is 1. The van der Waals surface area contributed by atoms with Gasteiger partial charge in [-0.1, -0.05) is 12.1 Å². The van der Waals surface area contributed by atoms with Gasteiger partial charge in [-0.2, -0.15) is 0 Å². The number of benzene rings is 2. The molecule has 0 aliphatic carbocycles. The third-order valence-corrected chi connectivity index (χ3v) is 7.84. The van der Waals surface area contributed by atoms with E-state index in [-0.39, 0.29) is 17.8 Å². The van der Waals surface area contributed by atoms with Crippen molar-refractivity contribution >= 4 is 34.0 Å². The van der Waals surface area contributed by atoms with Crippen LogP contribution in [-0.2, 0) is 13.1 Å². The summed E-state index contributed by atoms with van der Waals surface area (Å²) in [5.41, 5.74) is 3.41.